The van der Waals surface area contributed by atoms with Gasteiger partial charge in [0.15, 0.2) is 0 Å². The Labute approximate surface area is 150 Å². The zero-order chi connectivity index (χ0) is 17.4. The second-order valence-corrected chi connectivity index (χ2v) is 7.43. The molecule has 1 aliphatic heterocycles. The average Bonchev–Trinajstić information content (AvgIpc) is 3.13. The van der Waals surface area contributed by atoms with Crippen LogP contribution in [0.3, 0.4) is 0 Å². The Bertz CT molecular complexity index is 851. The van der Waals surface area contributed by atoms with E-state index in [2.05, 4.69) is 62.4 Å². The molecule has 1 amide bonds. The first-order valence-corrected chi connectivity index (χ1v) is 9.34. The van der Waals surface area contributed by atoms with Crippen LogP contribution in [-0.4, -0.2) is 12.5 Å². The third kappa shape index (κ3) is 2.52. The molecule has 2 aromatic rings. The number of rotatable bonds is 5. The fraction of sp³-hybridized carbons (Fsp3) is 0.348. The van der Waals surface area contributed by atoms with Gasteiger partial charge in [-0.3, -0.25) is 4.79 Å². The van der Waals surface area contributed by atoms with Gasteiger partial charge in [0.25, 0.3) is 0 Å². The standard InChI is InChI=1S/C23H25NO/c1-3-4-15-24-21-12-8-7-11-20(21)23(2,22(24)25)16-18-14-13-17-9-5-6-10-19(17)18/h5-12,14H,3-4,13,15-16H2,1-2H3. The number of anilines is 1. The van der Waals surface area contributed by atoms with Gasteiger partial charge in [-0.25, -0.2) is 0 Å². The maximum absolute atomic E-state index is 13.4. The quantitative estimate of drug-likeness (QED) is 0.744. The first-order chi connectivity index (χ1) is 12.1. The van der Waals surface area contributed by atoms with Gasteiger partial charge in [0.2, 0.25) is 5.91 Å². The second-order valence-electron chi connectivity index (χ2n) is 7.43. The predicted molar refractivity (Wildman–Crippen MR) is 104 cm³/mol. The number of nitrogens with zero attached hydrogens (tertiary/aromatic N) is 1. The molecule has 1 atom stereocenters. The highest BCUT2D eigenvalue weighted by molar-refractivity contribution is 6.08. The van der Waals surface area contributed by atoms with Crippen molar-refractivity contribution in [3.8, 4) is 0 Å². The number of carbonyl (C=O) groups excluding carboxylic acids is 1. The fourth-order valence-corrected chi connectivity index (χ4v) is 4.31. The Morgan fingerprint density at radius 3 is 2.68 bits per heavy atom. The summed E-state index contributed by atoms with van der Waals surface area (Å²) in [4.78, 5) is 15.4. The molecule has 0 saturated carbocycles. The summed E-state index contributed by atoms with van der Waals surface area (Å²) in [5, 5.41) is 0. The number of hydrogen-bond donors (Lipinski definition) is 0. The van der Waals surface area contributed by atoms with Crippen molar-refractivity contribution in [2.75, 3.05) is 11.4 Å². The van der Waals surface area contributed by atoms with Crippen LogP contribution in [0.1, 0.15) is 49.8 Å². The Balaban J connectivity index is 1.70. The molecule has 0 aromatic heterocycles. The van der Waals surface area contributed by atoms with Gasteiger partial charge in [-0.15, -0.1) is 0 Å². The Morgan fingerprint density at radius 1 is 1.08 bits per heavy atom. The molecule has 1 aliphatic carbocycles. The third-order valence-corrected chi connectivity index (χ3v) is 5.72. The lowest BCUT2D eigenvalue weighted by atomic mass is 9.77. The molecular weight excluding hydrogens is 306 g/mol. The van der Waals surface area contributed by atoms with Crippen LogP contribution in [0, 0.1) is 0 Å². The molecule has 1 unspecified atom stereocenters. The van der Waals surface area contributed by atoms with Gasteiger partial charge in [-0.2, -0.15) is 0 Å². The summed E-state index contributed by atoms with van der Waals surface area (Å²) in [6.45, 7) is 5.12. The molecule has 25 heavy (non-hydrogen) atoms. The zero-order valence-corrected chi connectivity index (χ0v) is 15.1. The second kappa shape index (κ2) is 6.18. The zero-order valence-electron chi connectivity index (χ0n) is 15.1. The van der Waals surface area contributed by atoms with Crippen LogP contribution in [0.25, 0.3) is 5.57 Å². The SMILES string of the molecule is CCCCN1C(=O)C(C)(CC2=CCc3ccccc32)c2ccccc21. The molecular formula is C23H25NO. The summed E-state index contributed by atoms with van der Waals surface area (Å²) < 4.78 is 0. The number of allylic oxidation sites excluding steroid dienone is 2. The predicted octanol–water partition coefficient (Wildman–Crippen LogP) is 5.12. The van der Waals surface area contributed by atoms with Crippen molar-refractivity contribution in [1.82, 2.24) is 0 Å². The number of benzene rings is 2. The third-order valence-electron chi connectivity index (χ3n) is 5.72. The Morgan fingerprint density at radius 2 is 1.84 bits per heavy atom. The van der Waals surface area contributed by atoms with Crippen LogP contribution in [0.2, 0.25) is 0 Å². The minimum Gasteiger partial charge on any atom is -0.311 e. The highest BCUT2D eigenvalue weighted by Gasteiger charge is 2.47. The van der Waals surface area contributed by atoms with E-state index in [-0.39, 0.29) is 5.91 Å². The van der Waals surface area contributed by atoms with Crippen molar-refractivity contribution < 1.29 is 4.79 Å². The number of unbranched alkanes of at least 4 members (excludes halogenated alkanes) is 1. The Hall–Kier alpha value is -2.35. The normalized spacial score (nSPS) is 21.3. The summed E-state index contributed by atoms with van der Waals surface area (Å²) in [5.74, 6) is 0.257. The van der Waals surface area contributed by atoms with Crippen LogP contribution in [0.15, 0.2) is 54.6 Å². The van der Waals surface area contributed by atoms with Crippen LogP contribution in [0.4, 0.5) is 5.69 Å². The molecule has 0 saturated heterocycles. The molecule has 0 bridgehead atoms. The molecule has 0 radical (unpaired) electrons. The average molecular weight is 331 g/mol. The van der Waals surface area contributed by atoms with Crippen molar-refractivity contribution in [2.45, 2.75) is 44.9 Å². The maximum atomic E-state index is 13.4. The molecule has 0 fully saturated rings. The number of carbonyl (C=O) groups is 1. The summed E-state index contributed by atoms with van der Waals surface area (Å²) in [7, 11) is 0. The van der Waals surface area contributed by atoms with E-state index in [1.54, 1.807) is 0 Å². The van der Waals surface area contributed by atoms with E-state index in [1.807, 2.05) is 11.0 Å². The fourth-order valence-electron chi connectivity index (χ4n) is 4.31. The summed E-state index contributed by atoms with van der Waals surface area (Å²) >= 11 is 0. The molecule has 128 valence electrons. The smallest absolute Gasteiger partial charge is 0.237 e. The molecule has 2 aromatic carbocycles. The van der Waals surface area contributed by atoms with Gasteiger partial charge in [0, 0.05) is 12.2 Å². The van der Waals surface area contributed by atoms with Crippen molar-refractivity contribution in [2.24, 2.45) is 0 Å². The van der Waals surface area contributed by atoms with Gasteiger partial charge in [-0.05, 0) is 54.5 Å². The van der Waals surface area contributed by atoms with Crippen LogP contribution in [-0.2, 0) is 16.6 Å². The van der Waals surface area contributed by atoms with E-state index in [1.165, 1.54) is 22.3 Å². The van der Waals surface area contributed by atoms with E-state index in [0.717, 1.165) is 37.9 Å². The first-order valence-electron chi connectivity index (χ1n) is 9.34. The molecule has 2 heteroatoms. The molecule has 2 aliphatic rings. The first kappa shape index (κ1) is 16.1. The highest BCUT2D eigenvalue weighted by atomic mass is 16.2. The van der Waals surface area contributed by atoms with Crippen LogP contribution >= 0.6 is 0 Å². The van der Waals surface area contributed by atoms with E-state index >= 15 is 0 Å². The number of amides is 1. The molecule has 4 rings (SSSR count). The lowest BCUT2D eigenvalue weighted by molar-refractivity contribution is -0.122. The van der Waals surface area contributed by atoms with E-state index in [4.69, 9.17) is 0 Å². The van der Waals surface area contributed by atoms with E-state index in [0.29, 0.717) is 0 Å². The number of hydrogen-bond acceptors (Lipinski definition) is 1. The molecule has 1 heterocycles. The summed E-state index contributed by atoms with van der Waals surface area (Å²) in [6.07, 6.45) is 6.21. The monoisotopic (exact) mass is 331 g/mol. The maximum Gasteiger partial charge on any atom is 0.237 e. The van der Waals surface area contributed by atoms with Gasteiger partial charge in [0.1, 0.15) is 0 Å². The largest absolute Gasteiger partial charge is 0.311 e. The minimum atomic E-state index is -0.465. The van der Waals surface area contributed by atoms with Gasteiger partial charge >= 0.3 is 0 Å². The van der Waals surface area contributed by atoms with Crippen LogP contribution < -0.4 is 4.90 Å². The summed E-state index contributed by atoms with van der Waals surface area (Å²) in [6, 6.07) is 16.9. The lowest BCUT2D eigenvalue weighted by Crippen LogP contribution is -2.38. The molecule has 0 spiro atoms. The topological polar surface area (TPSA) is 20.3 Å². The molecule has 0 N–H and O–H groups in total. The van der Waals surface area contributed by atoms with E-state index in [9.17, 15) is 4.79 Å². The van der Waals surface area contributed by atoms with E-state index < -0.39 is 5.41 Å². The van der Waals surface area contributed by atoms with Gasteiger partial charge in [-0.1, -0.05) is 61.9 Å². The number of fused-ring (bicyclic) bond motifs is 2. The lowest BCUT2D eigenvalue weighted by Gasteiger charge is -2.25. The minimum absolute atomic E-state index is 0.257. The van der Waals surface area contributed by atoms with Gasteiger partial charge < -0.3 is 4.90 Å². The van der Waals surface area contributed by atoms with Gasteiger partial charge in [0.05, 0.1) is 5.41 Å². The van der Waals surface area contributed by atoms with Crippen molar-refractivity contribution in [3.05, 3.63) is 71.3 Å². The molecule has 2 nitrogen and oxygen atoms in total. The van der Waals surface area contributed by atoms with Crippen molar-refractivity contribution >= 4 is 17.2 Å². The number of para-hydroxylation sites is 1. The summed E-state index contributed by atoms with van der Waals surface area (Å²) in [5.41, 5.74) is 5.84. The Kier molecular flexibility index (Phi) is 3.99. The van der Waals surface area contributed by atoms with Crippen molar-refractivity contribution in [3.63, 3.8) is 0 Å². The van der Waals surface area contributed by atoms with Crippen molar-refractivity contribution in [1.29, 1.82) is 0 Å². The van der Waals surface area contributed by atoms with Crippen LogP contribution in [0.5, 0.6) is 0 Å². The highest BCUT2D eigenvalue weighted by Crippen LogP contribution is 2.47.